The predicted molar refractivity (Wildman–Crippen MR) is 81.0 cm³/mol. The molecule has 2 aromatic rings. The average Bonchev–Trinajstić information content (AvgIpc) is 2.94. The molecule has 0 unspecified atom stereocenters. The summed E-state index contributed by atoms with van der Waals surface area (Å²) in [5.74, 6) is 1.48. The number of benzene rings is 1. The lowest BCUT2D eigenvalue weighted by Gasteiger charge is -2.13. The van der Waals surface area contributed by atoms with E-state index >= 15 is 0 Å². The zero-order chi connectivity index (χ0) is 14.4. The molecular formula is C14H18BrN3O2. The highest BCUT2D eigenvalue weighted by atomic mass is 79.9. The number of nitrogens with zero attached hydrogens (tertiary/aromatic N) is 1. The molecule has 0 spiro atoms. The predicted octanol–water partition coefficient (Wildman–Crippen LogP) is 2.87. The third-order valence-electron chi connectivity index (χ3n) is 2.79. The number of nitrogens with one attached hydrogen (secondary N) is 2. The molecule has 6 heteroatoms. The van der Waals surface area contributed by atoms with Crippen LogP contribution < -0.4 is 14.8 Å². The Bertz CT molecular complexity index is 544. The van der Waals surface area contributed by atoms with Gasteiger partial charge in [0.1, 0.15) is 0 Å². The van der Waals surface area contributed by atoms with Gasteiger partial charge in [0.25, 0.3) is 0 Å². The van der Waals surface area contributed by atoms with Gasteiger partial charge in [-0.3, -0.25) is 5.10 Å². The first-order valence-corrected chi connectivity index (χ1v) is 7.21. The number of aromatic nitrogens is 2. The van der Waals surface area contributed by atoms with Crippen molar-refractivity contribution in [3.63, 3.8) is 0 Å². The van der Waals surface area contributed by atoms with E-state index in [4.69, 9.17) is 9.47 Å². The minimum atomic E-state index is 0.604. The largest absolute Gasteiger partial charge is 0.493 e. The monoisotopic (exact) mass is 339 g/mol. The minimum Gasteiger partial charge on any atom is -0.493 e. The van der Waals surface area contributed by atoms with Crippen LogP contribution in [0.15, 0.2) is 29.0 Å². The molecule has 0 radical (unpaired) electrons. The Kier molecular flexibility index (Phi) is 5.43. The van der Waals surface area contributed by atoms with E-state index in [-0.39, 0.29) is 0 Å². The molecule has 0 amide bonds. The Balaban J connectivity index is 2.02. The van der Waals surface area contributed by atoms with Gasteiger partial charge >= 0.3 is 0 Å². The SMILES string of the molecule is CCOc1c(Br)cc(CNCc2cn[nH]c2)cc1OC. The zero-order valence-electron chi connectivity index (χ0n) is 11.6. The second-order valence-corrected chi connectivity index (χ2v) is 5.11. The van der Waals surface area contributed by atoms with Crippen molar-refractivity contribution in [2.45, 2.75) is 20.0 Å². The fourth-order valence-corrected chi connectivity index (χ4v) is 2.49. The summed E-state index contributed by atoms with van der Waals surface area (Å²) in [6, 6.07) is 4.02. The number of halogens is 1. The van der Waals surface area contributed by atoms with Gasteiger partial charge in [0.05, 0.1) is 24.4 Å². The van der Waals surface area contributed by atoms with Crippen LogP contribution in [0.2, 0.25) is 0 Å². The Morgan fingerprint density at radius 3 is 2.75 bits per heavy atom. The first-order chi connectivity index (χ1) is 9.74. The molecule has 0 atom stereocenters. The van der Waals surface area contributed by atoms with E-state index in [1.807, 2.05) is 31.5 Å². The molecule has 0 saturated carbocycles. The van der Waals surface area contributed by atoms with Crippen LogP contribution in [0.25, 0.3) is 0 Å². The van der Waals surface area contributed by atoms with E-state index in [0.29, 0.717) is 6.61 Å². The molecule has 0 fully saturated rings. The first-order valence-electron chi connectivity index (χ1n) is 6.42. The topological polar surface area (TPSA) is 59.2 Å². The van der Waals surface area contributed by atoms with Crippen molar-refractivity contribution in [3.8, 4) is 11.5 Å². The van der Waals surface area contributed by atoms with Gasteiger partial charge in [-0.15, -0.1) is 0 Å². The molecule has 0 saturated heterocycles. The summed E-state index contributed by atoms with van der Waals surface area (Å²) in [6.45, 7) is 4.06. The van der Waals surface area contributed by atoms with Gasteiger partial charge in [-0.1, -0.05) is 0 Å². The highest BCUT2D eigenvalue weighted by Gasteiger charge is 2.11. The Morgan fingerprint density at radius 2 is 2.10 bits per heavy atom. The van der Waals surface area contributed by atoms with Gasteiger partial charge in [0.15, 0.2) is 11.5 Å². The van der Waals surface area contributed by atoms with E-state index in [2.05, 4.69) is 31.4 Å². The lowest BCUT2D eigenvalue weighted by Crippen LogP contribution is -2.12. The molecule has 108 valence electrons. The third-order valence-corrected chi connectivity index (χ3v) is 3.38. The molecular weight excluding hydrogens is 322 g/mol. The van der Waals surface area contributed by atoms with Crippen molar-refractivity contribution in [1.29, 1.82) is 0 Å². The van der Waals surface area contributed by atoms with Crippen molar-refractivity contribution >= 4 is 15.9 Å². The zero-order valence-corrected chi connectivity index (χ0v) is 13.2. The van der Waals surface area contributed by atoms with Crippen LogP contribution in [-0.2, 0) is 13.1 Å². The van der Waals surface area contributed by atoms with Gasteiger partial charge in [-0.2, -0.15) is 5.10 Å². The summed E-state index contributed by atoms with van der Waals surface area (Å²) in [5, 5.41) is 10.1. The Hall–Kier alpha value is -1.53. The summed E-state index contributed by atoms with van der Waals surface area (Å²) in [4.78, 5) is 0. The van der Waals surface area contributed by atoms with Crippen LogP contribution in [-0.4, -0.2) is 23.9 Å². The smallest absolute Gasteiger partial charge is 0.175 e. The minimum absolute atomic E-state index is 0.604. The Labute approximate surface area is 126 Å². The average molecular weight is 340 g/mol. The van der Waals surface area contributed by atoms with Gasteiger partial charge in [0, 0.05) is 24.8 Å². The summed E-state index contributed by atoms with van der Waals surface area (Å²) < 4.78 is 11.8. The molecule has 1 aromatic carbocycles. The molecule has 0 aliphatic rings. The lowest BCUT2D eigenvalue weighted by atomic mass is 10.2. The fraction of sp³-hybridized carbons (Fsp3) is 0.357. The van der Waals surface area contributed by atoms with E-state index in [0.717, 1.165) is 40.2 Å². The maximum atomic E-state index is 5.57. The quantitative estimate of drug-likeness (QED) is 0.814. The summed E-state index contributed by atoms with van der Waals surface area (Å²) in [7, 11) is 1.65. The fourth-order valence-electron chi connectivity index (χ4n) is 1.89. The molecule has 1 heterocycles. The molecule has 2 rings (SSSR count). The highest BCUT2D eigenvalue weighted by molar-refractivity contribution is 9.10. The molecule has 0 aliphatic carbocycles. The normalized spacial score (nSPS) is 10.6. The van der Waals surface area contributed by atoms with Crippen LogP contribution in [0.1, 0.15) is 18.1 Å². The second kappa shape index (κ2) is 7.31. The lowest BCUT2D eigenvalue weighted by molar-refractivity contribution is 0.308. The molecule has 20 heavy (non-hydrogen) atoms. The number of H-pyrrole nitrogens is 1. The van der Waals surface area contributed by atoms with Crippen molar-refractivity contribution in [3.05, 3.63) is 40.1 Å². The van der Waals surface area contributed by atoms with E-state index < -0.39 is 0 Å². The maximum Gasteiger partial charge on any atom is 0.175 e. The first kappa shape index (κ1) is 14.9. The maximum absolute atomic E-state index is 5.57. The Morgan fingerprint density at radius 1 is 1.30 bits per heavy atom. The number of ether oxygens (including phenoxy) is 2. The number of rotatable bonds is 7. The molecule has 0 bridgehead atoms. The van der Waals surface area contributed by atoms with Crippen LogP contribution in [0.4, 0.5) is 0 Å². The van der Waals surface area contributed by atoms with Crippen LogP contribution in [0.3, 0.4) is 0 Å². The van der Waals surface area contributed by atoms with Crippen LogP contribution in [0.5, 0.6) is 11.5 Å². The molecule has 1 aromatic heterocycles. The van der Waals surface area contributed by atoms with Crippen LogP contribution in [0, 0.1) is 0 Å². The standard InChI is InChI=1S/C14H18BrN3O2/c1-3-20-14-12(15)4-10(5-13(14)19-2)6-16-7-11-8-17-18-9-11/h4-5,8-9,16H,3,6-7H2,1-2H3,(H,17,18). The number of hydrogen-bond acceptors (Lipinski definition) is 4. The number of methoxy groups -OCH3 is 1. The molecule has 5 nitrogen and oxygen atoms in total. The molecule has 2 N–H and O–H groups in total. The van der Waals surface area contributed by atoms with Crippen molar-refractivity contribution < 1.29 is 9.47 Å². The summed E-state index contributed by atoms with van der Waals surface area (Å²) in [6.07, 6.45) is 3.68. The summed E-state index contributed by atoms with van der Waals surface area (Å²) >= 11 is 3.52. The van der Waals surface area contributed by atoms with Crippen molar-refractivity contribution in [2.24, 2.45) is 0 Å². The van der Waals surface area contributed by atoms with Gasteiger partial charge in [-0.25, -0.2) is 0 Å². The number of hydrogen-bond donors (Lipinski definition) is 2. The molecule has 0 aliphatic heterocycles. The van der Waals surface area contributed by atoms with Gasteiger partial charge < -0.3 is 14.8 Å². The van der Waals surface area contributed by atoms with Crippen molar-refractivity contribution in [1.82, 2.24) is 15.5 Å². The van der Waals surface area contributed by atoms with Gasteiger partial charge in [-0.05, 0) is 40.5 Å². The second-order valence-electron chi connectivity index (χ2n) is 4.25. The summed E-state index contributed by atoms with van der Waals surface area (Å²) in [5.41, 5.74) is 2.25. The van der Waals surface area contributed by atoms with E-state index in [1.54, 1.807) is 7.11 Å². The van der Waals surface area contributed by atoms with Crippen LogP contribution >= 0.6 is 15.9 Å². The van der Waals surface area contributed by atoms with Gasteiger partial charge in [0.2, 0.25) is 0 Å². The number of aromatic amines is 1. The third kappa shape index (κ3) is 3.74. The highest BCUT2D eigenvalue weighted by Crippen LogP contribution is 2.36. The van der Waals surface area contributed by atoms with E-state index in [1.165, 1.54) is 0 Å². The van der Waals surface area contributed by atoms with E-state index in [9.17, 15) is 0 Å². The van der Waals surface area contributed by atoms with Crippen molar-refractivity contribution in [2.75, 3.05) is 13.7 Å².